The first-order valence-electron chi connectivity index (χ1n) is 5.58. The Labute approximate surface area is 95.4 Å². The van der Waals surface area contributed by atoms with Gasteiger partial charge in [0.1, 0.15) is 0 Å². The average Bonchev–Trinajstić information content (AvgIpc) is 2.74. The molecular weight excluding hydrogens is 202 g/mol. The zero-order valence-corrected chi connectivity index (χ0v) is 9.23. The Morgan fingerprint density at radius 2 is 2.19 bits per heavy atom. The lowest BCUT2D eigenvalue weighted by Crippen LogP contribution is -2.39. The van der Waals surface area contributed by atoms with Gasteiger partial charge in [0.2, 0.25) is 0 Å². The normalized spacial score (nSPS) is 19.8. The second kappa shape index (κ2) is 4.99. The second-order valence-electron chi connectivity index (χ2n) is 4.14. The maximum Gasteiger partial charge on any atom is 0.317 e. The van der Waals surface area contributed by atoms with Crippen LogP contribution in [0.3, 0.4) is 0 Å². The predicted molar refractivity (Wildman–Crippen MR) is 62.8 cm³/mol. The van der Waals surface area contributed by atoms with Crippen molar-refractivity contribution in [2.24, 2.45) is 5.73 Å². The molecule has 1 aliphatic rings. The van der Waals surface area contributed by atoms with Crippen LogP contribution in [-0.4, -0.2) is 30.1 Å². The number of nitrogens with zero attached hydrogens (tertiary/aromatic N) is 1. The molecule has 1 aromatic carbocycles. The second-order valence-corrected chi connectivity index (χ2v) is 4.14. The third kappa shape index (κ3) is 2.73. The number of hydrogen-bond donors (Lipinski definition) is 2. The molecule has 0 spiro atoms. The van der Waals surface area contributed by atoms with Gasteiger partial charge >= 0.3 is 6.03 Å². The fourth-order valence-electron chi connectivity index (χ4n) is 1.86. The minimum Gasteiger partial charge on any atom is -0.334 e. The van der Waals surface area contributed by atoms with Gasteiger partial charge in [-0.2, -0.15) is 0 Å². The molecule has 2 amide bonds. The molecule has 1 aromatic rings. The van der Waals surface area contributed by atoms with Gasteiger partial charge in [0.15, 0.2) is 0 Å². The lowest BCUT2D eigenvalue weighted by Gasteiger charge is -2.16. The maximum atomic E-state index is 11.7. The summed E-state index contributed by atoms with van der Waals surface area (Å²) in [5.74, 6) is 0. The first kappa shape index (κ1) is 11.0. The highest BCUT2D eigenvalue weighted by Crippen LogP contribution is 2.07. The smallest absolute Gasteiger partial charge is 0.317 e. The van der Waals surface area contributed by atoms with Crippen molar-refractivity contribution in [3.05, 3.63) is 35.9 Å². The number of amides is 2. The molecule has 1 aliphatic heterocycles. The molecule has 3 N–H and O–H groups in total. The number of likely N-dealkylation sites (tertiary alicyclic amines) is 1. The first-order chi connectivity index (χ1) is 7.75. The summed E-state index contributed by atoms with van der Waals surface area (Å²) in [6.45, 7) is 2.01. The molecule has 4 heteroatoms. The molecule has 0 aliphatic carbocycles. The van der Waals surface area contributed by atoms with E-state index in [1.807, 2.05) is 30.3 Å². The number of carbonyl (C=O) groups is 1. The van der Waals surface area contributed by atoms with Crippen molar-refractivity contribution in [3.8, 4) is 0 Å². The summed E-state index contributed by atoms with van der Waals surface area (Å²) >= 11 is 0. The molecule has 2 rings (SSSR count). The third-order valence-corrected chi connectivity index (χ3v) is 2.80. The number of urea groups is 1. The average molecular weight is 219 g/mol. The van der Waals surface area contributed by atoms with Crippen LogP contribution in [0, 0.1) is 0 Å². The predicted octanol–water partition coefficient (Wildman–Crippen LogP) is 0.929. The van der Waals surface area contributed by atoms with Gasteiger partial charge in [-0.05, 0) is 12.0 Å². The van der Waals surface area contributed by atoms with Gasteiger partial charge < -0.3 is 16.0 Å². The number of nitrogens with two attached hydrogens (primary N) is 1. The van der Waals surface area contributed by atoms with E-state index in [9.17, 15) is 4.79 Å². The molecule has 0 bridgehead atoms. The highest BCUT2D eigenvalue weighted by atomic mass is 16.2. The summed E-state index contributed by atoms with van der Waals surface area (Å²) in [5, 5.41) is 2.89. The molecule has 1 heterocycles. The number of nitrogens with one attached hydrogen (secondary N) is 1. The third-order valence-electron chi connectivity index (χ3n) is 2.80. The van der Waals surface area contributed by atoms with Gasteiger partial charge in [-0.15, -0.1) is 0 Å². The summed E-state index contributed by atoms with van der Waals surface area (Å²) in [6.07, 6.45) is 0.902. The Balaban J connectivity index is 1.80. The number of rotatable bonds is 2. The van der Waals surface area contributed by atoms with Gasteiger partial charge in [-0.3, -0.25) is 0 Å². The standard InChI is InChI=1S/C12H17N3O/c13-11-6-7-15(9-11)12(16)14-8-10-4-2-1-3-5-10/h1-5,11H,6-9,13H2,(H,14,16). The monoisotopic (exact) mass is 219 g/mol. The van der Waals surface area contributed by atoms with Crippen molar-refractivity contribution in [2.45, 2.75) is 19.0 Å². The molecule has 86 valence electrons. The summed E-state index contributed by atoms with van der Waals surface area (Å²) in [6, 6.07) is 10.0. The van der Waals surface area contributed by atoms with Gasteiger partial charge in [0.05, 0.1) is 0 Å². The van der Waals surface area contributed by atoms with E-state index in [1.165, 1.54) is 0 Å². The lowest BCUT2D eigenvalue weighted by atomic mass is 10.2. The van der Waals surface area contributed by atoms with Crippen LogP contribution < -0.4 is 11.1 Å². The van der Waals surface area contributed by atoms with Crippen LogP contribution in [-0.2, 0) is 6.54 Å². The fourth-order valence-corrected chi connectivity index (χ4v) is 1.86. The number of hydrogen-bond acceptors (Lipinski definition) is 2. The Hall–Kier alpha value is -1.55. The number of benzene rings is 1. The van der Waals surface area contributed by atoms with Gasteiger partial charge in [0, 0.05) is 25.7 Å². The van der Waals surface area contributed by atoms with E-state index in [0.29, 0.717) is 13.1 Å². The van der Waals surface area contributed by atoms with E-state index in [-0.39, 0.29) is 12.1 Å². The fraction of sp³-hybridized carbons (Fsp3) is 0.417. The first-order valence-corrected chi connectivity index (χ1v) is 5.58. The molecule has 16 heavy (non-hydrogen) atoms. The van der Waals surface area contributed by atoms with E-state index in [0.717, 1.165) is 18.5 Å². The van der Waals surface area contributed by atoms with Crippen LogP contribution in [0.4, 0.5) is 4.79 Å². The van der Waals surface area contributed by atoms with Crippen molar-refractivity contribution in [1.82, 2.24) is 10.2 Å². The Bertz CT molecular complexity index is 353. The quantitative estimate of drug-likeness (QED) is 0.777. The summed E-state index contributed by atoms with van der Waals surface area (Å²) in [5.41, 5.74) is 6.86. The van der Waals surface area contributed by atoms with Crippen LogP contribution in [0.5, 0.6) is 0 Å². The number of carbonyl (C=O) groups excluding carboxylic acids is 1. The van der Waals surface area contributed by atoms with Crippen molar-refractivity contribution in [2.75, 3.05) is 13.1 Å². The van der Waals surface area contributed by atoms with E-state index in [1.54, 1.807) is 4.90 Å². The molecule has 0 saturated carbocycles. The van der Waals surface area contributed by atoms with Crippen molar-refractivity contribution in [3.63, 3.8) is 0 Å². The molecule has 1 atom stereocenters. The largest absolute Gasteiger partial charge is 0.334 e. The highest BCUT2D eigenvalue weighted by molar-refractivity contribution is 5.74. The van der Waals surface area contributed by atoms with Crippen molar-refractivity contribution in [1.29, 1.82) is 0 Å². The van der Waals surface area contributed by atoms with E-state index < -0.39 is 0 Å². The van der Waals surface area contributed by atoms with E-state index in [2.05, 4.69) is 5.32 Å². The maximum absolute atomic E-state index is 11.7. The van der Waals surface area contributed by atoms with Gasteiger partial charge in [-0.25, -0.2) is 4.79 Å². The Morgan fingerprint density at radius 3 is 2.81 bits per heavy atom. The zero-order chi connectivity index (χ0) is 11.4. The highest BCUT2D eigenvalue weighted by Gasteiger charge is 2.22. The SMILES string of the molecule is NC1CCN(C(=O)NCc2ccccc2)C1. The molecule has 1 fully saturated rings. The van der Waals surface area contributed by atoms with E-state index >= 15 is 0 Å². The molecule has 0 radical (unpaired) electrons. The molecule has 1 saturated heterocycles. The summed E-state index contributed by atoms with van der Waals surface area (Å²) in [4.78, 5) is 13.5. The topological polar surface area (TPSA) is 58.4 Å². The minimum atomic E-state index is -0.0168. The zero-order valence-electron chi connectivity index (χ0n) is 9.23. The summed E-state index contributed by atoms with van der Waals surface area (Å²) in [7, 11) is 0. The Morgan fingerprint density at radius 1 is 1.44 bits per heavy atom. The minimum absolute atomic E-state index is 0.0168. The van der Waals surface area contributed by atoms with Crippen LogP contribution in [0.1, 0.15) is 12.0 Å². The van der Waals surface area contributed by atoms with Crippen LogP contribution in [0.25, 0.3) is 0 Å². The Kier molecular flexibility index (Phi) is 3.41. The lowest BCUT2D eigenvalue weighted by molar-refractivity contribution is 0.208. The van der Waals surface area contributed by atoms with Crippen LogP contribution in [0.15, 0.2) is 30.3 Å². The van der Waals surface area contributed by atoms with Crippen LogP contribution >= 0.6 is 0 Å². The molecule has 0 aromatic heterocycles. The van der Waals surface area contributed by atoms with E-state index in [4.69, 9.17) is 5.73 Å². The molecular formula is C12H17N3O. The van der Waals surface area contributed by atoms with Gasteiger partial charge in [-0.1, -0.05) is 30.3 Å². The molecule has 4 nitrogen and oxygen atoms in total. The molecule has 1 unspecified atom stereocenters. The summed E-state index contributed by atoms with van der Waals surface area (Å²) < 4.78 is 0. The van der Waals surface area contributed by atoms with Crippen molar-refractivity contribution < 1.29 is 4.79 Å². The van der Waals surface area contributed by atoms with Gasteiger partial charge in [0.25, 0.3) is 0 Å². The van der Waals surface area contributed by atoms with Crippen molar-refractivity contribution >= 4 is 6.03 Å². The van der Waals surface area contributed by atoms with Crippen LogP contribution in [0.2, 0.25) is 0 Å².